The van der Waals surface area contributed by atoms with Gasteiger partial charge in [0.05, 0.1) is 5.92 Å². The number of amides is 1. The van der Waals surface area contributed by atoms with Gasteiger partial charge >= 0.3 is 0 Å². The summed E-state index contributed by atoms with van der Waals surface area (Å²) in [6, 6.07) is 6.40. The van der Waals surface area contributed by atoms with Gasteiger partial charge in [-0.15, -0.1) is 0 Å². The molecule has 1 atom stereocenters. The lowest BCUT2D eigenvalue weighted by molar-refractivity contribution is -0.134. The zero-order valence-corrected chi connectivity index (χ0v) is 16.3. The number of halogens is 1. The van der Waals surface area contributed by atoms with Gasteiger partial charge in [0.15, 0.2) is 5.82 Å². The molecule has 150 valence electrons. The number of rotatable bonds is 5. The number of nitrogens with zero attached hydrogens (tertiary/aromatic N) is 4. The van der Waals surface area contributed by atoms with Gasteiger partial charge in [-0.25, -0.2) is 4.39 Å². The van der Waals surface area contributed by atoms with Crippen molar-refractivity contribution in [2.75, 3.05) is 26.7 Å². The molecule has 0 radical (unpaired) electrons. The molecule has 2 fully saturated rings. The van der Waals surface area contributed by atoms with Crippen LogP contribution in [0.5, 0.6) is 0 Å². The van der Waals surface area contributed by atoms with E-state index in [1.54, 1.807) is 11.0 Å². The third-order valence-electron chi connectivity index (χ3n) is 5.91. The second-order valence-electron chi connectivity index (χ2n) is 8.14. The minimum atomic E-state index is -0.283. The molecule has 7 heteroatoms. The molecule has 0 N–H and O–H groups in total. The van der Waals surface area contributed by atoms with Crippen LogP contribution in [-0.2, 0) is 17.8 Å². The maximum atomic E-state index is 13.4. The van der Waals surface area contributed by atoms with Crippen molar-refractivity contribution in [3.05, 3.63) is 47.4 Å². The summed E-state index contributed by atoms with van der Waals surface area (Å²) in [5, 5.41) is 4.19. The van der Waals surface area contributed by atoms with Crippen LogP contribution in [0.25, 0.3) is 0 Å². The van der Waals surface area contributed by atoms with E-state index in [-0.39, 0.29) is 17.6 Å². The van der Waals surface area contributed by atoms with Crippen LogP contribution in [0.1, 0.15) is 48.9 Å². The Kier molecular flexibility index (Phi) is 5.71. The van der Waals surface area contributed by atoms with Gasteiger partial charge in [0.1, 0.15) is 5.82 Å². The fourth-order valence-corrected chi connectivity index (χ4v) is 4.17. The molecule has 1 amide bonds. The summed E-state index contributed by atoms with van der Waals surface area (Å²) in [7, 11) is 2.16. The van der Waals surface area contributed by atoms with E-state index in [0.29, 0.717) is 37.7 Å². The molecule has 1 aromatic heterocycles. The highest BCUT2D eigenvalue weighted by Gasteiger charge is 2.30. The van der Waals surface area contributed by atoms with E-state index >= 15 is 0 Å². The number of carbonyl (C=O) groups is 1. The molecule has 2 aliphatic heterocycles. The van der Waals surface area contributed by atoms with E-state index in [2.05, 4.69) is 22.1 Å². The largest absolute Gasteiger partial charge is 0.339 e. The summed E-state index contributed by atoms with van der Waals surface area (Å²) in [6.45, 7) is 3.18. The van der Waals surface area contributed by atoms with Gasteiger partial charge in [-0.05, 0) is 63.0 Å². The van der Waals surface area contributed by atoms with Crippen molar-refractivity contribution in [3.63, 3.8) is 0 Å². The lowest BCUT2D eigenvalue weighted by Crippen LogP contribution is -2.38. The molecule has 2 aliphatic rings. The normalized spacial score (nSPS) is 22.0. The Morgan fingerprint density at radius 1 is 1.25 bits per heavy atom. The van der Waals surface area contributed by atoms with Crippen LogP contribution in [0.4, 0.5) is 4.39 Å². The predicted octanol–water partition coefficient (Wildman–Crippen LogP) is 3.00. The standard InChI is InChI=1S/C21H27FN4O2/c1-25-9-7-15(8-10-25)12-19-23-21(28-24-19)17-5-6-20(27)26(14-17)13-16-3-2-4-18(22)11-16/h2-4,11,15,17H,5-10,12-14H2,1H3. The lowest BCUT2D eigenvalue weighted by atomic mass is 9.93. The molecular formula is C21H27FN4O2. The van der Waals surface area contributed by atoms with Crippen LogP contribution in [0, 0.1) is 11.7 Å². The number of likely N-dealkylation sites (tertiary alicyclic amines) is 2. The number of hydrogen-bond donors (Lipinski definition) is 0. The lowest BCUT2D eigenvalue weighted by Gasteiger charge is -2.31. The predicted molar refractivity (Wildman–Crippen MR) is 102 cm³/mol. The fourth-order valence-electron chi connectivity index (χ4n) is 4.17. The molecule has 6 nitrogen and oxygen atoms in total. The van der Waals surface area contributed by atoms with Crippen LogP contribution in [-0.4, -0.2) is 52.5 Å². The first-order chi connectivity index (χ1) is 13.6. The monoisotopic (exact) mass is 386 g/mol. The highest BCUT2D eigenvalue weighted by Crippen LogP contribution is 2.28. The van der Waals surface area contributed by atoms with E-state index in [1.165, 1.54) is 25.0 Å². The third-order valence-corrected chi connectivity index (χ3v) is 5.91. The van der Waals surface area contributed by atoms with Crippen LogP contribution in [0.15, 0.2) is 28.8 Å². The van der Waals surface area contributed by atoms with Crippen molar-refractivity contribution in [2.24, 2.45) is 5.92 Å². The molecule has 3 heterocycles. The number of aromatic nitrogens is 2. The van der Waals surface area contributed by atoms with E-state index in [9.17, 15) is 9.18 Å². The average molecular weight is 386 g/mol. The number of carbonyl (C=O) groups excluding carboxylic acids is 1. The Hall–Kier alpha value is -2.28. The van der Waals surface area contributed by atoms with E-state index in [0.717, 1.165) is 30.9 Å². The average Bonchev–Trinajstić information content (AvgIpc) is 3.14. The van der Waals surface area contributed by atoms with Crippen molar-refractivity contribution < 1.29 is 13.7 Å². The van der Waals surface area contributed by atoms with E-state index in [1.807, 2.05) is 6.07 Å². The molecule has 2 saturated heterocycles. The number of benzene rings is 1. The summed E-state index contributed by atoms with van der Waals surface area (Å²) >= 11 is 0. The zero-order valence-electron chi connectivity index (χ0n) is 16.3. The van der Waals surface area contributed by atoms with Crippen molar-refractivity contribution >= 4 is 5.91 Å². The molecule has 1 unspecified atom stereocenters. The molecule has 28 heavy (non-hydrogen) atoms. The highest BCUT2D eigenvalue weighted by atomic mass is 19.1. The molecule has 1 aromatic carbocycles. The SMILES string of the molecule is CN1CCC(Cc2noc(C3CCC(=O)N(Cc4cccc(F)c4)C3)n2)CC1. The van der Waals surface area contributed by atoms with Gasteiger partial charge in [0.25, 0.3) is 0 Å². The molecule has 2 aromatic rings. The Balaban J connectivity index is 1.37. The Labute approximate surface area is 164 Å². The third kappa shape index (κ3) is 4.58. The first-order valence-electron chi connectivity index (χ1n) is 10.1. The van der Waals surface area contributed by atoms with Crippen LogP contribution >= 0.6 is 0 Å². The summed E-state index contributed by atoms with van der Waals surface area (Å²) in [4.78, 5) is 21.1. The quantitative estimate of drug-likeness (QED) is 0.791. The van der Waals surface area contributed by atoms with Crippen molar-refractivity contribution in [1.82, 2.24) is 19.9 Å². The van der Waals surface area contributed by atoms with Gasteiger partial charge in [0, 0.05) is 25.9 Å². The van der Waals surface area contributed by atoms with Gasteiger partial charge in [-0.2, -0.15) is 4.98 Å². The van der Waals surface area contributed by atoms with Crippen LogP contribution in [0.2, 0.25) is 0 Å². The summed E-state index contributed by atoms with van der Waals surface area (Å²) in [5.41, 5.74) is 0.794. The van der Waals surface area contributed by atoms with Crippen LogP contribution < -0.4 is 0 Å². The van der Waals surface area contributed by atoms with Crippen molar-refractivity contribution in [3.8, 4) is 0 Å². The molecule has 0 bridgehead atoms. The summed E-state index contributed by atoms with van der Waals surface area (Å²) in [5.74, 6) is 1.86. The zero-order chi connectivity index (χ0) is 19.5. The Bertz CT molecular complexity index is 816. The summed E-state index contributed by atoms with van der Waals surface area (Å²) < 4.78 is 19.0. The summed E-state index contributed by atoms with van der Waals surface area (Å²) in [6.07, 6.45) is 4.36. The second-order valence-corrected chi connectivity index (χ2v) is 8.14. The molecule has 0 saturated carbocycles. The van der Waals surface area contributed by atoms with Crippen molar-refractivity contribution in [2.45, 2.75) is 44.6 Å². The molecule has 0 spiro atoms. The number of piperidine rings is 2. The second kappa shape index (κ2) is 8.39. The first-order valence-corrected chi connectivity index (χ1v) is 10.1. The van der Waals surface area contributed by atoms with Gasteiger partial charge in [0.2, 0.25) is 11.8 Å². The molecule has 0 aliphatic carbocycles. The maximum Gasteiger partial charge on any atom is 0.231 e. The Morgan fingerprint density at radius 2 is 2.07 bits per heavy atom. The molecule has 4 rings (SSSR count). The van der Waals surface area contributed by atoms with Crippen LogP contribution in [0.3, 0.4) is 0 Å². The van der Waals surface area contributed by atoms with Gasteiger partial charge in [-0.1, -0.05) is 17.3 Å². The van der Waals surface area contributed by atoms with Crippen molar-refractivity contribution in [1.29, 1.82) is 0 Å². The minimum absolute atomic E-state index is 0.0463. The topological polar surface area (TPSA) is 62.5 Å². The van der Waals surface area contributed by atoms with E-state index in [4.69, 9.17) is 4.52 Å². The van der Waals surface area contributed by atoms with E-state index < -0.39 is 0 Å². The van der Waals surface area contributed by atoms with Gasteiger partial charge < -0.3 is 14.3 Å². The smallest absolute Gasteiger partial charge is 0.231 e. The van der Waals surface area contributed by atoms with Gasteiger partial charge in [-0.3, -0.25) is 4.79 Å². The highest BCUT2D eigenvalue weighted by molar-refractivity contribution is 5.77. The minimum Gasteiger partial charge on any atom is -0.339 e. The Morgan fingerprint density at radius 3 is 2.86 bits per heavy atom. The number of hydrogen-bond acceptors (Lipinski definition) is 5. The molecular weight excluding hydrogens is 359 g/mol. The maximum absolute atomic E-state index is 13.4. The first kappa shape index (κ1) is 19.1. The fraction of sp³-hybridized carbons (Fsp3) is 0.571.